The van der Waals surface area contributed by atoms with Gasteiger partial charge in [-0.3, -0.25) is 10.1 Å². The van der Waals surface area contributed by atoms with E-state index < -0.39 is 0 Å². The van der Waals surface area contributed by atoms with E-state index >= 15 is 0 Å². The van der Waals surface area contributed by atoms with Crippen LogP contribution < -0.4 is 5.32 Å². The first-order chi connectivity index (χ1) is 8.63. The lowest BCUT2D eigenvalue weighted by molar-refractivity contribution is -0.144. The molecule has 2 rings (SSSR count). The van der Waals surface area contributed by atoms with E-state index in [1.54, 1.807) is 18.2 Å². The summed E-state index contributed by atoms with van der Waals surface area (Å²) in [5.41, 5.74) is 0.576. The van der Waals surface area contributed by atoms with Crippen molar-refractivity contribution in [2.45, 2.75) is 31.8 Å². The number of carbonyl (C=O) groups is 1. The number of rotatable bonds is 5. The van der Waals surface area contributed by atoms with Crippen LogP contribution in [0.15, 0.2) is 24.3 Å². The van der Waals surface area contributed by atoms with Crippen molar-refractivity contribution in [1.82, 2.24) is 5.32 Å². The molecule has 0 bridgehead atoms. The number of benzene rings is 1. The van der Waals surface area contributed by atoms with Gasteiger partial charge in [0.15, 0.2) is 0 Å². The van der Waals surface area contributed by atoms with E-state index in [0.717, 1.165) is 12.8 Å². The van der Waals surface area contributed by atoms with Gasteiger partial charge < -0.3 is 4.74 Å². The minimum absolute atomic E-state index is 0.212. The van der Waals surface area contributed by atoms with Crippen molar-refractivity contribution in [2.24, 2.45) is 5.92 Å². The zero-order valence-corrected chi connectivity index (χ0v) is 10.7. The summed E-state index contributed by atoms with van der Waals surface area (Å²) in [6.07, 6.45) is 2.05. The molecule has 1 fully saturated rings. The molecule has 1 unspecified atom stereocenters. The second kappa shape index (κ2) is 5.48. The molecule has 1 N–H and O–H groups in total. The van der Waals surface area contributed by atoms with Crippen LogP contribution in [0.3, 0.4) is 0 Å². The Morgan fingerprint density at radius 2 is 2.11 bits per heavy atom. The quantitative estimate of drug-likeness (QED) is 0.817. The first-order valence-corrected chi connectivity index (χ1v) is 6.21. The maximum Gasteiger partial charge on any atom is 0.323 e. The van der Waals surface area contributed by atoms with E-state index in [9.17, 15) is 9.18 Å². The van der Waals surface area contributed by atoms with Crippen LogP contribution in [0.4, 0.5) is 4.39 Å². The Hall–Kier alpha value is -1.42. The van der Waals surface area contributed by atoms with Crippen LogP contribution in [-0.4, -0.2) is 19.1 Å². The fourth-order valence-corrected chi connectivity index (χ4v) is 2.14. The first-order valence-electron chi connectivity index (χ1n) is 6.21. The summed E-state index contributed by atoms with van der Waals surface area (Å²) in [5, 5.41) is 3.17. The molecule has 0 radical (unpaired) electrons. The van der Waals surface area contributed by atoms with Crippen molar-refractivity contribution in [3.05, 3.63) is 35.6 Å². The van der Waals surface area contributed by atoms with Crippen molar-refractivity contribution in [2.75, 3.05) is 7.11 Å². The molecular formula is C14H18FNO2. The molecule has 4 heteroatoms. The van der Waals surface area contributed by atoms with Gasteiger partial charge in [-0.25, -0.2) is 4.39 Å². The molecule has 1 aliphatic carbocycles. The minimum atomic E-state index is -0.329. The smallest absolute Gasteiger partial charge is 0.323 e. The molecule has 0 amide bonds. The number of ether oxygens (including phenoxy) is 1. The Bertz CT molecular complexity index is 432. The van der Waals surface area contributed by atoms with Gasteiger partial charge in [0.25, 0.3) is 0 Å². The molecule has 3 nitrogen and oxygen atoms in total. The Labute approximate surface area is 106 Å². The summed E-state index contributed by atoms with van der Waals surface area (Å²) in [6, 6.07) is 6.07. The van der Waals surface area contributed by atoms with Gasteiger partial charge >= 0.3 is 5.97 Å². The maximum absolute atomic E-state index is 13.6. The second-order valence-electron chi connectivity index (χ2n) is 4.75. The van der Waals surface area contributed by atoms with Gasteiger partial charge in [-0.05, 0) is 31.7 Å². The van der Waals surface area contributed by atoms with Crippen molar-refractivity contribution >= 4 is 5.97 Å². The van der Waals surface area contributed by atoms with Gasteiger partial charge in [0.1, 0.15) is 11.9 Å². The molecule has 18 heavy (non-hydrogen) atoms. The van der Waals surface area contributed by atoms with Crippen LogP contribution in [0, 0.1) is 11.7 Å². The van der Waals surface area contributed by atoms with Crippen LogP contribution in [0.5, 0.6) is 0 Å². The molecule has 2 atom stereocenters. The summed E-state index contributed by atoms with van der Waals surface area (Å²) in [6.45, 7) is 1.86. The summed E-state index contributed by atoms with van der Waals surface area (Å²) in [7, 11) is 1.38. The Morgan fingerprint density at radius 1 is 1.44 bits per heavy atom. The van der Waals surface area contributed by atoms with Gasteiger partial charge in [-0.2, -0.15) is 0 Å². The summed E-state index contributed by atoms with van der Waals surface area (Å²) in [4.78, 5) is 11.7. The molecule has 0 heterocycles. The second-order valence-corrected chi connectivity index (χ2v) is 4.75. The highest BCUT2D eigenvalue weighted by atomic mass is 19.1. The minimum Gasteiger partial charge on any atom is -0.468 e. The molecule has 1 aromatic carbocycles. The van der Waals surface area contributed by atoms with Crippen molar-refractivity contribution in [3.63, 3.8) is 0 Å². The van der Waals surface area contributed by atoms with E-state index in [1.165, 1.54) is 13.2 Å². The number of hydrogen-bond acceptors (Lipinski definition) is 3. The molecule has 0 saturated heterocycles. The van der Waals surface area contributed by atoms with Crippen molar-refractivity contribution in [1.29, 1.82) is 0 Å². The van der Waals surface area contributed by atoms with Gasteiger partial charge in [0.05, 0.1) is 7.11 Å². The highest BCUT2D eigenvalue weighted by Gasteiger charge is 2.37. The van der Waals surface area contributed by atoms with Gasteiger partial charge in [0, 0.05) is 11.6 Å². The molecule has 1 aliphatic rings. The summed E-state index contributed by atoms with van der Waals surface area (Å²) < 4.78 is 18.4. The normalized spacial score (nSPS) is 18.2. The molecule has 1 saturated carbocycles. The molecular weight excluding hydrogens is 233 g/mol. The first kappa shape index (κ1) is 13.0. The van der Waals surface area contributed by atoms with E-state index in [1.807, 2.05) is 6.92 Å². The highest BCUT2D eigenvalue weighted by Crippen LogP contribution is 2.34. The molecule has 1 aromatic rings. The largest absolute Gasteiger partial charge is 0.468 e. The van der Waals surface area contributed by atoms with Crippen molar-refractivity contribution in [3.8, 4) is 0 Å². The SMILES string of the molecule is COC(=O)C(N[C@H](C)c1ccccc1F)C1CC1. The Morgan fingerprint density at radius 3 is 2.67 bits per heavy atom. The zero-order valence-electron chi connectivity index (χ0n) is 10.7. The Kier molecular flexibility index (Phi) is 3.97. The van der Waals surface area contributed by atoms with Crippen LogP contribution in [-0.2, 0) is 9.53 Å². The summed E-state index contributed by atoms with van der Waals surface area (Å²) in [5.74, 6) is -0.190. The topological polar surface area (TPSA) is 38.3 Å². The fraction of sp³-hybridized carbons (Fsp3) is 0.500. The third-order valence-electron chi connectivity index (χ3n) is 3.35. The maximum atomic E-state index is 13.6. The monoisotopic (exact) mass is 251 g/mol. The predicted octanol–water partition coefficient (Wildman–Crippen LogP) is 2.43. The predicted molar refractivity (Wildman–Crippen MR) is 66.5 cm³/mol. The standard InChI is InChI=1S/C14H18FNO2/c1-9(11-5-3-4-6-12(11)15)16-13(10-7-8-10)14(17)18-2/h3-6,9-10,13,16H,7-8H2,1-2H3/t9-,13?/m1/s1. The lowest BCUT2D eigenvalue weighted by atomic mass is 10.1. The number of nitrogens with one attached hydrogen (secondary N) is 1. The van der Waals surface area contributed by atoms with Gasteiger partial charge in [-0.1, -0.05) is 18.2 Å². The van der Waals surface area contributed by atoms with Crippen LogP contribution in [0.1, 0.15) is 31.4 Å². The van der Waals surface area contributed by atoms with Crippen molar-refractivity contribution < 1.29 is 13.9 Å². The zero-order chi connectivity index (χ0) is 13.1. The Balaban J connectivity index is 2.07. The third-order valence-corrected chi connectivity index (χ3v) is 3.35. The highest BCUT2D eigenvalue weighted by molar-refractivity contribution is 5.76. The lowest BCUT2D eigenvalue weighted by Gasteiger charge is -2.21. The van der Waals surface area contributed by atoms with Crippen LogP contribution >= 0.6 is 0 Å². The number of halogens is 1. The summed E-state index contributed by atoms with van der Waals surface area (Å²) >= 11 is 0. The molecule has 0 aromatic heterocycles. The molecule has 98 valence electrons. The average Bonchev–Trinajstić information content (AvgIpc) is 3.19. The van der Waals surface area contributed by atoms with Gasteiger partial charge in [-0.15, -0.1) is 0 Å². The van der Waals surface area contributed by atoms with E-state index in [4.69, 9.17) is 4.74 Å². The number of methoxy groups -OCH3 is 1. The van der Waals surface area contributed by atoms with E-state index in [0.29, 0.717) is 11.5 Å². The fourth-order valence-electron chi connectivity index (χ4n) is 2.14. The van der Waals surface area contributed by atoms with Crippen LogP contribution in [0.25, 0.3) is 0 Å². The van der Waals surface area contributed by atoms with Crippen LogP contribution in [0.2, 0.25) is 0 Å². The number of hydrogen-bond donors (Lipinski definition) is 1. The van der Waals surface area contributed by atoms with Gasteiger partial charge in [0.2, 0.25) is 0 Å². The molecule has 0 spiro atoms. The van der Waals surface area contributed by atoms with E-state index in [-0.39, 0.29) is 23.9 Å². The van der Waals surface area contributed by atoms with E-state index in [2.05, 4.69) is 5.32 Å². The third kappa shape index (κ3) is 2.88. The number of esters is 1. The molecule has 0 aliphatic heterocycles. The number of carbonyl (C=O) groups excluding carboxylic acids is 1. The lowest BCUT2D eigenvalue weighted by Crippen LogP contribution is -2.41. The average molecular weight is 251 g/mol.